The van der Waals surface area contributed by atoms with Crippen molar-refractivity contribution in [3.8, 4) is 22.3 Å². The molecule has 0 aliphatic rings. The smallest absolute Gasteiger partial charge is 0.0966 e. The van der Waals surface area contributed by atoms with Crippen LogP contribution < -0.4 is 5.73 Å². The first-order valence-corrected chi connectivity index (χ1v) is 16.5. The zero-order valence-corrected chi connectivity index (χ0v) is 29.0. The fourth-order valence-electron chi connectivity index (χ4n) is 4.64. The lowest BCUT2D eigenvalue weighted by Crippen LogP contribution is -2.02. The molecule has 7 heteroatoms. The molecule has 4 aromatic heterocycles. The molecule has 0 aliphatic carbocycles. The predicted molar refractivity (Wildman–Crippen MR) is 197 cm³/mol. The van der Waals surface area contributed by atoms with Gasteiger partial charge in [0.25, 0.3) is 0 Å². The van der Waals surface area contributed by atoms with Gasteiger partial charge in [0, 0.05) is 59.6 Å². The molecule has 1 unspecified atom stereocenters. The maximum Gasteiger partial charge on any atom is 0.0966 e. The summed E-state index contributed by atoms with van der Waals surface area (Å²) in [6.07, 6.45) is 12.0. The summed E-state index contributed by atoms with van der Waals surface area (Å²) < 4.78 is 6.61. The fourth-order valence-corrected chi connectivity index (χ4v) is 4.87. The number of nitrogens with two attached hydrogens (primary N) is 1. The summed E-state index contributed by atoms with van der Waals surface area (Å²) in [6.45, 7) is 9.00. The minimum Gasteiger partial charge on any atom is -0.399 e. The van der Waals surface area contributed by atoms with Crippen molar-refractivity contribution in [1.29, 1.82) is 0 Å². The van der Waals surface area contributed by atoms with Crippen molar-refractivity contribution in [2.24, 2.45) is 0 Å². The largest absolute Gasteiger partial charge is 0.399 e. The number of ether oxygens (including phenoxy) is 1. The molecule has 6 nitrogen and oxygen atoms in total. The van der Waals surface area contributed by atoms with E-state index in [0.717, 1.165) is 44.7 Å². The van der Waals surface area contributed by atoms with Crippen molar-refractivity contribution in [2.45, 2.75) is 46.1 Å². The number of halogens is 1. The molecular weight excluding hydrogens is 646 g/mol. The molecule has 0 spiro atoms. The summed E-state index contributed by atoms with van der Waals surface area (Å²) in [5.74, 6) is 0.521. The summed E-state index contributed by atoms with van der Waals surface area (Å²) in [5, 5.41) is 0. The summed E-state index contributed by atoms with van der Waals surface area (Å²) in [5.41, 5.74) is 15.6. The van der Waals surface area contributed by atoms with Crippen molar-refractivity contribution >= 4 is 21.6 Å². The lowest BCUT2D eigenvalue weighted by Gasteiger charge is -2.11. The van der Waals surface area contributed by atoms with Crippen LogP contribution in [0.2, 0.25) is 0 Å². The summed E-state index contributed by atoms with van der Waals surface area (Å²) in [7, 11) is 0. The predicted octanol–water partition coefficient (Wildman–Crippen LogP) is 10.1. The summed E-state index contributed by atoms with van der Waals surface area (Å²) in [4.78, 5) is 17.0. The molecule has 0 aliphatic heterocycles. The first-order valence-electron chi connectivity index (χ1n) is 15.8. The number of hydrogen-bond acceptors (Lipinski definition) is 6. The van der Waals surface area contributed by atoms with E-state index in [1.165, 1.54) is 16.7 Å². The molecule has 0 saturated carbocycles. The molecule has 0 radical (unpaired) electrons. The highest BCUT2D eigenvalue weighted by molar-refractivity contribution is 9.10. The highest BCUT2D eigenvalue weighted by Gasteiger charge is 2.07. The van der Waals surface area contributed by atoms with Crippen LogP contribution in [0, 0.1) is 0 Å². The lowest BCUT2D eigenvalue weighted by atomic mass is 10.0. The Bertz CT molecular complexity index is 1730. The van der Waals surface area contributed by atoms with Gasteiger partial charge in [0.05, 0.1) is 11.8 Å². The maximum absolute atomic E-state index is 5.59. The third-order valence-corrected chi connectivity index (χ3v) is 7.75. The normalized spacial score (nSPS) is 11.1. The molecule has 1 atom stereocenters. The van der Waals surface area contributed by atoms with Crippen molar-refractivity contribution in [3.63, 3.8) is 0 Å². The van der Waals surface area contributed by atoms with Crippen molar-refractivity contribution in [1.82, 2.24) is 19.9 Å². The monoisotopic (exact) mass is 687 g/mol. The zero-order valence-electron chi connectivity index (χ0n) is 27.4. The number of hydrogen-bond donors (Lipinski definition) is 1. The van der Waals surface area contributed by atoms with Crippen molar-refractivity contribution < 1.29 is 4.74 Å². The minimum absolute atomic E-state index is 0.0443. The van der Waals surface area contributed by atoms with E-state index in [1.54, 1.807) is 12.4 Å². The first kappa shape index (κ1) is 35.1. The van der Waals surface area contributed by atoms with Gasteiger partial charge in [0.1, 0.15) is 0 Å². The molecule has 2 N–H and O–H groups in total. The van der Waals surface area contributed by atoms with Crippen LogP contribution in [0.15, 0.2) is 139 Å². The highest BCUT2D eigenvalue weighted by Crippen LogP contribution is 2.21. The number of aromatic nitrogens is 4. The Kier molecular flexibility index (Phi) is 13.8. The average Bonchev–Trinajstić information content (AvgIpc) is 3.11. The van der Waals surface area contributed by atoms with Gasteiger partial charge in [-0.2, -0.15) is 0 Å². The first-order chi connectivity index (χ1) is 22.8. The Labute approximate surface area is 287 Å². The van der Waals surface area contributed by atoms with E-state index < -0.39 is 0 Å². The molecule has 240 valence electrons. The standard InChI is InChI=1S/C21H22N2O.C11H10N2.C8H10BrN/c1-3-24-16(2)21-11-8-18(14-23-21)13-17-6-9-19(10-7-17)20-5-4-12-22-15-20;12-11-5-3-9(4-6-11)10-2-1-7-13-8-10;1-6(2)8-4-3-7(9)5-10-8/h4-12,14-16H,3,13H2,1-2H3;1-8H,12H2;3-6H,1-2H3. The summed E-state index contributed by atoms with van der Waals surface area (Å²) >= 11 is 3.33. The minimum atomic E-state index is 0.0443. The molecule has 47 heavy (non-hydrogen) atoms. The second-order valence-corrected chi connectivity index (χ2v) is 12.1. The zero-order chi connectivity index (χ0) is 33.4. The fraction of sp³-hybridized carbons (Fsp3) is 0.200. The third kappa shape index (κ3) is 11.5. The van der Waals surface area contributed by atoms with Gasteiger partial charge in [-0.15, -0.1) is 0 Å². The Hall–Kier alpha value is -4.72. The molecule has 0 saturated heterocycles. The van der Waals surface area contributed by atoms with Crippen LogP contribution in [-0.2, 0) is 11.2 Å². The van der Waals surface area contributed by atoms with Gasteiger partial charge >= 0.3 is 0 Å². The number of anilines is 1. The van der Waals surface area contributed by atoms with E-state index in [4.69, 9.17) is 10.5 Å². The Morgan fingerprint density at radius 1 is 0.617 bits per heavy atom. The molecule has 6 rings (SSSR count). The van der Waals surface area contributed by atoms with E-state index >= 15 is 0 Å². The quantitative estimate of drug-likeness (QED) is 0.160. The number of benzene rings is 2. The van der Waals surface area contributed by atoms with Gasteiger partial charge in [-0.1, -0.05) is 68.4 Å². The molecule has 2 aromatic carbocycles. The molecule has 0 bridgehead atoms. The topological polar surface area (TPSA) is 86.8 Å². The number of nitrogen functional groups attached to an aromatic ring is 1. The summed E-state index contributed by atoms with van der Waals surface area (Å²) in [6, 6.07) is 32.6. The SMILES string of the molecule is CC(C)c1ccc(Br)cn1.CCOC(C)c1ccc(Cc2ccc(-c3cccnc3)cc2)cn1.Nc1ccc(-c2cccnc2)cc1. The van der Waals surface area contributed by atoms with Crippen molar-refractivity contribution in [3.05, 3.63) is 161 Å². The molecule has 6 aromatic rings. The Balaban J connectivity index is 0.000000181. The van der Waals surface area contributed by atoms with E-state index in [1.807, 2.05) is 93.2 Å². The highest BCUT2D eigenvalue weighted by atomic mass is 79.9. The third-order valence-electron chi connectivity index (χ3n) is 7.29. The van der Waals surface area contributed by atoms with Gasteiger partial charge in [0.2, 0.25) is 0 Å². The molecule has 0 fully saturated rings. The molecule has 4 heterocycles. The van der Waals surface area contributed by atoms with Crippen LogP contribution in [0.5, 0.6) is 0 Å². The van der Waals surface area contributed by atoms with Crippen LogP contribution in [0.4, 0.5) is 5.69 Å². The number of rotatable bonds is 8. The van der Waals surface area contributed by atoms with Gasteiger partial charge in [0.15, 0.2) is 0 Å². The van der Waals surface area contributed by atoms with E-state index in [-0.39, 0.29) is 6.10 Å². The van der Waals surface area contributed by atoms with Crippen molar-refractivity contribution in [2.75, 3.05) is 12.3 Å². The van der Waals surface area contributed by atoms with Gasteiger partial charge < -0.3 is 10.5 Å². The Morgan fingerprint density at radius 2 is 1.17 bits per heavy atom. The van der Waals surface area contributed by atoms with Gasteiger partial charge in [-0.3, -0.25) is 19.9 Å². The molecule has 0 amide bonds. The van der Waals surface area contributed by atoms with E-state index in [9.17, 15) is 0 Å². The average molecular weight is 689 g/mol. The number of nitrogens with zero attached hydrogens (tertiary/aromatic N) is 4. The van der Waals surface area contributed by atoms with Crippen LogP contribution in [-0.4, -0.2) is 26.5 Å². The maximum atomic E-state index is 5.59. The van der Waals surface area contributed by atoms with E-state index in [0.29, 0.717) is 12.5 Å². The van der Waals surface area contributed by atoms with Gasteiger partial charge in [-0.25, -0.2) is 0 Å². The second-order valence-electron chi connectivity index (χ2n) is 11.2. The van der Waals surface area contributed by atoms with Gasteiger partial charge in [-0.05, 0) is 118 Å². The van der Waals surface area contributed by atoms with Crippen LogP contribution >= 0.6 is 15.9 Å². The van der Waals surface area contributed by atoms with Crippen LogP contribution in [0.1, 0.15) is 62.2 Å². The number of pyridine rings is 4. The van der Waals surface area contributed by atoms with Crippen LogP contribution in [0.25, 0.3) is 22.3 Å². The van der Waals surface area contributed by atoms with E-state index in [2.05, 4.69) is 92.2 Å². The van der Waals surface area contributed by atoms with Crippen LogP contribution in [0.3, 0.4) is 0 Å². The second kappa shape index (κ2) is 18.4. The Morgan fingerprint density at radius 3 is 1.64 bits per heavy atom. The lowest BCUT2D eigenvalue weighted by molar-refractivity contribution is 0.0733. The molecular formula is C40H42BrN5O.